The van der Waals surface area contributed by atoms with Crippen LogP contribution < -0.4 is 11.3 Å². The number of likely N-dealkylation sites (tertiary alicyclic amines) is 1. The highest BCUT2D eigenvalue weighted by Crippen LogP contribution is 2.24. The van der Waals surface area contributed by atoms with Gasteiger partial charge in [0.25, 0.3) is 5.91 Å². The van der Waals surface area contributed by atoms with E-state index in [0.29, 0.717) is 5.69 Å². The second kappa shape index (κ2) is 5.69. The Morgan fingerprint density at radius 2 is 2.19 bits per heavy atom. The number of carbonyl (C=O) groups excluding carboxylic acids is 1. The van der Waals surface area contributed by atoms with Gasteiger partial charge in [0.2, 0.25) is 0 Å². The van der Waals surface area contributed by atoms with Gasteiger partial charge in [-0.2, -0.15) is 0 Å². The number of anilines is 1. The van der Waals surface area contributed by atoms with Gasteiger partial charge in [0.05, 0.1) is 11.2 Å². The zero-order valence-corrected chi connectivity index (χ0v) is 12.2. The van der Waals surface area contributed by atoms with Gasteiger partial charge in [-0.3, -0.25) is 10.6 Å². The maximum atomic E-state index is 12.7. The van der Waals surface area contributed by atoms with Gasteiger partial charge in [-0.1, -0.05) is 18.2 Å². The number of nitrogen functional groups attached to an aromatic ring is 1. The van der Waals surface area contributed by atoms with Crippen LogP contribution in [0.2, 0.25) is 0 Å². The molecule has 1 saturated heterocycles. The van der Waals surface area contributed by atoms with Crippen LogP contribution in [-0.2, 0) is 0 Å². The quantitative estimate of drug-likeness (QED) is 0.656. The van der Waals surface area contributed by atoms with E-state index in [1.807, 2.05) is 29.2 Å². The van der Waals surface area contributed by atoms with Gasteiger partial charge in [0.1, 0.15) is 5.69 Å². The molecule has 21 heavy (non-hydrogen) atoms. The molecule has 1 amide bonds. The second-order valence-electron chi connectivity index (χ2n) is 5.56. The van der Waals surface area contributed by atoms with Crippen LogP contribution in [0.1, 0.15) is 36.7 Å². The van der Waals surface area contributed by atoms with E-state index >= 15 is 0 Å². The highest BCUT2D eigenvalue weighted by molar-refractivity contribution is 5.99. The van der Waals surface area contributed by atoms with Crippen LogP contribution in [0, 0.1) is 0 Å². The van der Waals surface area contributed by atoms with Gasteiger partial charge in [0.15, 0.2) is 0 Å². The Morgan fingerprint density at radius 1 is 1.38 bits per heavy atom. The Bertz CT molecular complexity index is 670. The van der Waals surface area contributed by atoms with Crippen molar-refractivity contribution in [1.82, 2.24) is 9.88 Å². The highest BCUT2D eigenvalue weighted by Gasteiger charge is 2.25. The number of piperidine rings is 1. The summed E-state index contributed by atoms with van der Waals surface area (Å²) in [7, 11) is 0. The van der Waals surface area contributed by atoms with Crippen molar-refractivity contribution in [1.29, 1.82) is 0 Å². The summed E-state index contributed by atoms with van der Waals surface area (Å²) in [6, 6.07) is 9.69. The average molecular weight is 284 g/mol. The summed E-state index contributed by atoms with van der Waals surface area (Å²) < 4.78 is 0. The van der Waals surface area contributed by atoms with E-state index < -0.39 is 0 Å². The molecule has 1 aromatic carbocycles. The maximum Gasteiger partial charge on any atom is 0.272 e. The van der Waals surface area contributed by atoms with E-state index in [2.05, 4.69) is 17.3 Å². The Balaban J connectivity index is 2.01. The van der Waals surface area contributed by atoms with Gasteiger partial charge in [-0.25, -0.2) is 4.98 Å². The summed E-state index contributed by atoms with van der Waals surface area (Å²) in [5.41, 5.74) is 4.63. The minimum Gasteiger partial charge on any atom is -0.335 e. The molecule has 5 nitrogen and oxygen atoms in total. The molecule has 0 saturated carbocycles. The maximum absolute atomic E-state index is 12.7. The number of nitrogens with zero attached hydrogens (tertiary/aromatic N) is 2. The molecule has 2 aromatic rings. The molecule has 110 valence electrons. The standard InChI is InChI=1S/C16H20N4O/c1-11-6-4-5-9-20(11)16(21)15-10-14(19-17)12-7-2-3-8-13(12)18-15/h2-3,7-8,10-11H,4-6,9,17H2,1H3,(H,18,19). The molecule has 1 atom stereocenters. The first-order chi connectivity index (χ1) is 10.2. The number of hydrazine groups is 1. The van der Waals surface area contributed by atoms with Crippen molar-refractivity contribution in [3.63, 3.8) is 0 Å². The van der Waals surface area contributed by atoms with Crippen molar-refractivity contribution >= 4 is 22.5 Å². The molecule has 0 spiro atoms. The summed E-state index contributed by atoms with van der Waals surface area (Å²) in [5, 5.41) is 0.920. The predicted octanol–water partition coefficient (Wildman–Crippen LogP) is 2.54. The molecule has 2 heterocycles. The number of fused-ring (bicyclic) bond motifs is 1. The molecule has 3 rings (SSSR count). The number of rotatable bonds is 2. The average Bonchev–Trinajstić information content (AvgIpc) is 2.53. The molecule has 0 aliphatic carbocycles. The third-order valence-corrected chi connectivity index (χ3v) is 4.15. The molecule has 1 aliphatic heterocycles. The van der Waals surface area contributed by atoms with Crippen LogP contribution in [0.4, 0.5) is 5.69 Å². The summed E-state index contributed by atoms with van der Waals surface area (Å²) in [4.78, 5) is 19.1. The lowest BCUT2D eigenvalue weighted by Gasteiger charge is -2.33. The topological polar surface area (TPSA) is 71.2 Å². The molecule has 3 N–H and O–H groups in total. The predicted molar refractivity (Wildman–Crippen MR) is 83.9 cm³/mol. The SMILES string of the molecule is CC1CCCCN1C(=O)c1cc(NN)c2ccccc2n1. The van der Waals surface area contributed by atoms with Gasteiger partial charge < -0.3 is 10.3 Å². The van der Waals surface area contributed by atoms with Gasteiger partial charge >= 0.3 is 0 Å². The number of aromatic nitrogens is 1. The second-order valence-corrected chi connectivity index (χ2v) is 5.56. The third-order valence-electron chi connectivity index (χ3n) is 4.15. The number of pyridine rings is 1. The van der Waals surface area contributed by atoms with Crippen LogP contribution >= 0.6 is 0 Å². The van der Waals surface area contributed by atoms with Gasteiger partial charge in [-0.15, -0.1) is 0 Å². The smallest absolute Gasteiger partial charge is 0.272 e. The Kier molecular flexibility index (Phi) is 3.75. The Labute approximate surface area is 124 Å². The molecule has 1 unspecified atom stereocenters. The van der Waals surface area contributed by atoms with Crippen molar-refractivity contribution in [3.8, 4) is 0 Å². The molecule has 0 bridgehead atoms. The van der Waals surface area contributed by atoms with E-state index in [-0.39, 0.29) is 11.9 Å². The van der Waals surface area contributed by atoms with Crippen molar-refractivity contribution in [3.05, 3.63) is 36.0 Å². The van der Waals surface area contributed by atoms with E-state index in [1.165, 1.54) is 6.42 Å². The van der Waals surface area contributed by atoms with E-state index in [0.717, 1.165) is 36.0 Å². The number of hydrogen-bond acceptors (Lipinski definition) is 4. The third kappa shape index (κ3) is 2.56. The fourth-order valence-corrected chi connectivity index (χ4v) is 2.95. The van der Waals surface area contributed by atoms with Gasteiger partial charge in [-0.05, 0) is 38.3 Å². The van der Waals surface area contributed by atoms with Crippen molar-refractivity contribution < 1.29 is 4.79 Å². The number of nitrogens with two attached hydrogens (primary N) is 1. The Morgan fingerprint density at radius 3 is 2.95 bits per heavy atom. The lowest BCUT2D eigenvalue weighted by atomic mass is 10.0. The lowest BCUT2D eigenvalue weighted by Crippen LogP contribution is -2.42. The number of amides is 1. The van der Waals surface area contributed by atoms with Crippen molar-refractivity contribution in [2.45, 2.75) is 32.2 Å². The molecule has 1 aliphatic rings. The zero-order chi connectivity index (χ0) is 14.8. The van der Waals surface area contributed by atoms with Gasteiger partial charge in [0, 0.05) is 18.0 Å². The summed E-state index contributed by atoms with van der Waals surface area (Å²) in [5.74, 6) is 5.58. The minimum absolute atomic E-state index is 0.00977. The fourth-order valence-electron chi connectivity index (χ4n) is 2.95. The van der Waals surface area contributed by atoms with Crippen LogP contribution in [0.25, 0.3) is 10.9 Å². The normalized spacial score (nSPS) is 18.8. The van der Waals surface area contributed by atoms with Crippen LogP contribution in [0.5, 0.6) is 0 Å². The zero-order valence-electron chi connectivity index (χ0n) is 12.2. The first-order valence-corrected chi connectivity index (χ1v) is 7.38. The summed E-state index contributed by atoms with van der Waals surface area (Å²) >= 11 is 0. The minimum atomic E-state index is -0.00977. The highest BCUT2D eigenvalue weighted by atomic mass is 16.2. The molecule has 1 fully saturated rings. The summed E-state index contributed by atoms with van der Waals surface area (Å²) in [6.45, 7) is 2.90. The Hall–Kier alpha value is -2.14. The number of hydrogen-bond donors (Lipinski definition) is 2. The molecule has 1 aromatic heterocycles. The molecular weight excluding hydrogens is 264 g/mol. The van der Waals surface area contributed by atoms with Crippen LogP contribution in [0.3, 0.4) is 0 Å². The van der Waals surface area contributed by atoms with Crippen LogP contribution in [0.15, 0.2) is 30.3 Å². The lowest BCUT2D eigenvalue weighted by molar-refractivity contribution is 0.0630. The fraction of sp³-hybridized carbons (Fsp3) is 0.375. The number of benzene rings is 1. The van der Waals surface area contributed by atoms with E-state index in [1.54, 1.807) is 6.07 Å². The summed E-state index contributed by atoms with van der Waals surface area (Å²) in [6.07, 6.45) is 3.30. The number of para-hydroxylation sites is 1. The first-order valence-electron chi connectivity index (χ1n) is 7.38. The number of nitrogens with one attached hydrogen (secondary N) is 1. The molecular formula is C16H20N4O. The molecule has 5 heteroatoms. The molecule has 0 radical (unpaired) electrons. The largest absolute Gasteiger partial charge is 0.335 e. The first kappa shape index (κ1) is 13.8. The van der Waals surface area contributed by atoms with Crippen molar-refractivity contribution in [2.75, 3.05) is 12.0 Å². The number of carbonyl (C=O) groups is 1. The van der Waals surface area contributed by atoms with Crippen LogP contribution in [-0.4, -0.2) is 28.4 Å². The van der Waals surface area contributed by atoms with E-state index in [4.69, 9.17) is 5.84 Å². The monoisotopic (exact) mass is 284 g/mol. The van der Waals surface area contributed by atoms with Crippen molar-refractivity contribution in [2.24, 2.45) is 5.84 Å². The van der Waals surface area contributed by atoms with E-state index in [9.17, 15) is 4.79 Å².